The van der Waals surface area contributed by atoms with Crippen molar-refractivity contribution in [3.05, 3.63) is 0 Å². The van der Waals surface area contributed by atoms with Crippen LogP contribution in [0.15, 0.2) is 0 Å². The average molecular weight is 186 g/mol. The van der Waals surface area contributed by atoms with E-state index in [2.05, 4.69) is 6.92 Å². The number of methoxy groups -OCH3 is 2. The molecule has 2 aliphatic heterocycles. The average Bonchev–Trinajstić information content (AvgIpc) is 2.33. The summed E-state index contributed by atoms with van der Waals surface area (Å²) in [7, 11) is 3.45. The fourth-order valence-corrected chi connectivity index (χ4v) is 2.68. The zero-order chi connectivity index (χ0) is 9.53. The van der Waals surface area contributed by atoms with Crippen LogP contribution in [-0.4, -0.2) is 31.7 Å². The minimum atomic E-state index is -0.457. The Morgan fingerprint density at radius 1 is 1.31 bits per heavy atom. The van der Waals surface area contributed by atoms with Crippen LogP contribution in [0.2, 0.25) is 0 Å². The summed E-state index contributed by atoms with van der Waals surface area (Å²) in [6.07, 6.45) is 4.31. The first-order valence-electron chi connectivity index (χ1n) is 4.92. The second-order valence-corrected chi connectivity index (χ2v) is 4.35. The Balaban J connectivity index is 2.24. The topological polar surface area (TPSA) is 27.7 Å². The molecule has 2 rings (SSSR count). The van der Waals surface area contributed by atoms with Crippen molar-refractivity contribution in [2.24, 2.45) is 0 Å². The SMILES string of the molecule is COC1CC2(C)CCCC1(OC)O2. The van der Waals surface area contributed by atoms with Crippen LogP contribution < -0.4 is 0 Å². The molecule has 0 aromatic carbocycles. The van der Waals surface area contributed by atoms with Crippen LogP contribution in [0, 0.1) is 0 Å². The predicted molar refractivity (Wildman–Crippen MR) is 48.5 cm³/mol. The molecule has 0 aromatic rings. The minimum Gasteiger partial charge on any atom is -0.376 e. The van der Waals surface area contributed by atoms with E-state index in [9.17, 15) is 0 Å². The first-order valence-corrected chi connectivity index (χ1v) is 4.92. The summed E-state index contributed by atoms with van der Waals surface area (Å²) < 4.78 is 16.9. The zero-order valence-corrected chi connectivity index (χ0v) is 8.63. The van der Waals surface area contributed by atoms with Crippen molar-refractivity contribution in [3.63, 3.8) is 0 Å². The van der Waals surface area contributed by atoms with Gasteiger partial charge in [-0.2, -0.15) is 0 Å². The van der Waals surface area contributed by atoms with Crippen molar-refractivity contribution >= 4 is 0 Å². The first kappa shape index (κ1) is 9.44. The molecule has 0 aliphatic carbocycles. The highest BCUT2D eigenvalue weighted by Gasteiger charge is 2.57. The third-order valence-corrected chi connectivity index (χ3v) is 3.39. The lowest BCUT2D eigenvalue weighted by Gasteiger charge is -2.38. The van der Waals surface area contributed by atoms with Gasteiger partial charge in [-0.15, -0.1) is 0 Å². The van der Waals surface area contributed by atoms with E-state index in [0.29, 0.717) is 0 Å². The Labute approximate surface area is 79.4 Å². The molecule has 3 unspecified atom stereocenters. The maximum atomic E-state index is 5.98. The second kappa shape index (κ2) is 2.94. The molecule has 0 radical (unpaired) electrons. The van der Waals surface area contributed by atoms with E-state index in [1.54, 1.807) is 14.2 Å². The summed E-state index contributed by atoms with van der Waals surface area (Å²) in [4.78, 5) is 0. The molecule has 2 bridgehead atoms. The van der Waals surface area contributed by atoms with Crippen molar-refractivity contribution in [1.29, 1.82) is 0 Å². The van der Waals surface area contributed by atoms with Crippen molar-refractivity contribution in [1.82, 2.24) is 0 Å². The van der Waals surface area contributed by atoms with Gasteiger partial charge in [-0.05, 0) is 19.8 Å². The van der Waals surface area contributed by atoms with Gasteiger partial charge in [0.05, 0.1) is 5.60 Å². The Hall–Kier alpha value is -0.120. The predicted octanol–water partition coefficient (Wildman–Crippen LogP) is 1.71. The fraction of sp³-hybridized carbons (Fsp3) is 1.00. The van der Waals surface area contributed by atoms with Gasteiger partial charge in [-0.25, -0.2) is 0 Å². The first-order chi connectivity index (χ1) is 6.14. The molecule has 0 aromatic heterocycles. The maximum Gasteiger partial charge on any atom is 0.195 e. The summed E-state index contributed by atoms with van der Waals surface area (Å²) in [5, 5.41) is 0. The third-order valence-electron chi connectivity index (χ3n) is 3.39. The normalized spacial score (nSPS) is 49.6. The van der Waals surface area contributed by atoms with Crippen molar-refractivity contribution < 1.29 is 14.2 Å². The van der Waals surface area contributed by atoms with Crippen molar-refractivity contribution in [2.75, 3.05) is 14.2 Å². The highest BCUT2D eigenvalue weighted by molar-refractivity contribution is 5.01. The molecule has 0 amide bonds. The van der Waals surface area contributed by atoms with Crippen LogP contribution in [-0.2, 0) is 14.2 Å². The van der Waals surface area contributed by atoms with Gasteiger partial charge in [-0.1, -0.05) is 0 Å². The molecule has 0 saturated carbocycles. The smallest absolute Gasteiger partial charge is 0.195 e. The number of fused-ring (bicyclic) bond motifs is 2. The van der Waals surface area contributed by atoms with Crippen LogP contribution in [0.5, 0.6) is 0 Å². The Bertz CT molecular complexity index is 206. The van der Waals surface area contributed by atoms with Crippen molar-refractivity contribution in [2.45, 2.75) is 50.1 Å². The Morgan fingerprint density at radius 3 is 2.69 bits per heavy atom. The van der Waals surface area contributed by atoms with E-state index in [0.717, 1.165) is 19.3 Å². The number of ether oxygens (including phenoxy) is 3. The molecule has 3 heteroatoms. The van der Waals surface area contributed by atoms with Gasteiger partial charge in [0.25, 0.3) is 0 Å². The van der Waals surface area contributed by atoms with Crippen LogP contribution in [0.25, 0.3) is 0 Å². The molecular formula is C10H18O3. The zero-order valence-electron chi connectivity index (χ0n) is 8.63. The molecule has 76 valence electrons. The molecular weight excluding hydrogens is 168 g/mol. The van der Waals surface area contributed by atoms with Crippen LogP contribution in [0.4, 0.5) is 0 Å². The second-order valence-electron chi connectivity index (χ2n) is 4.35. The molecule has 3 nitrogen and oxygen atoms in total. The van der Waals surface area contributed by atoms with Gasteiger partial charge in [0.2, 0.25) is 0 Å². The lowest BCUT2D eigenvalue weighted by molar-refractivity contribution is -0.283. The van der Waals surface area contributed by atoms with Gasteiger partial charge >= 0.3 is 0 Å². The van der Waals surface area contributed by atoms with Crippen molar-refractivity contribution in [3.8, 4) is 0 Å². The summed E-state index contributed by atoms with van der Waals surface area (Å²) in [6, 6.07) is 0. The molecule has 3 atom stereocenters. The van der Waals surface area contributed by atoms with Crippen LogP contribution in [0.3, 0.4) is 0 Å². The highest BCUT2D eigenvalue weighted by Crippen LogP contribution is 2.49. The molecule has 2 aliphatic rings. The number of hydrogen-bond acceptors (Lipinski definition) is 3. The quantitative estimate of drug-likeness (QED) is 0.657. The van der Waals surface area contributed by atoms with Gasteiger partial charge in [0.1, 0.15) is 6.10 Å². The van der Waals surface area contributed by atoms with E-state index in [-0.39, 0.29) is 11.7 Å². The molecule has 13 heavy (non-hydrogen) atoms. The Kier molecular flexibility index (Phi) is 2.13. The maximum absolute atomic E-state index is 5.98. The molecule has 2 heterocycles. The van der Waals surface area contributed by atoms with E-state index in [4.69, 9.17) is 14.2 Å². The Morgan fingerprint density at radius 2 is 2.08 bits per heavy atom. The molecule has 0 N–H and O–H groups in total. The van der Waals surface area contributed by atoms with Gasteiger partial charge < -0.3 is 14.2 Å². The highest BCUT2D eigenvalue weighted by atomic mass is 16.7. The molecule has 0 spiro atoms. The van der Waals surface area contributed by atoms with Crippen LogP contribution in [0.1, 0.15) is 32.6 Å². The third kappa shape index (κ3) is 1.30. The largest absolute Gasteiger partial charge is 0.376 e. The van der Waals surface area contributed by atoms with E-state index >= 15 is 0 Å². The van der Waals surface area contributed by atoms with Crippen LogP contribution >= 0.6 is 0 Å². The summed E-state index contributed by atoms with van der Waals surface area (Å²) in [6.45, 7) is 2.15. The number of rotatable bonds is 2. The van der Waals surface area contributed by atoms with E-state index < -0.39 is 5.79 Å². The molecule has 2 fully saturated rings. The summed E-state index contributed by atoms with van der Waals surface area (Å²) >= 11 is 0. The summed E-state index contributed by atoms with van der Waals surface area (Å²) in [5.41, 5.74) is -0.0189. The van der Waals surface area contributed by atoms with E-state index in [1.807, 2.05) is 0 Å². The molecule has 2 saturated heterocycles. The lowest BCUT2D eigenvalue weighted by atomic mass is 9.97. The van der Waals surface area contributed by atoms with Gasteiger partial charge in [0.15, 0.2) is 5.79 Å². The standard InChI is InChI=1S/C10H18O3/c1-9-5-4-6-10(12-3,13-9)8(7-9)11-2/h8H,4-7H2,1-3H3. The van der Waals surface area contributed by atoms with Gasteiger partial charge in [-0.3, -0.25) is 0 Å². The minimum absolute atomic E-state index is 0.0189. The summed E-state index contributed by atoms with van der Waals surface area (Å²) in [5.74, 6) is -0.457. The fourth-order valence-electron chi connectivity index (χ4n) is 2.68. The van der Waals surface area contributed by atoms with E-state index in [1.165, 1.54) is 6.42 Å². The monoisotopic (exact) mass is 186 g/mol. The lowest BCUT2D eigenvalue weighted by Crippen LogP contribution is -2.45. The number of hydrogen-bond donors (Lipinski definition) is 0. The van der Waals surface area contributed by atoms with Gasteiger partial charge in [0, 0.05) is 27.1 Å².